The maximum atomic E-state index is 14.2. The molecule has 3 aromatic rings. The highest BCUT2D eigenvalue weighted by atomic mass is 19.1. The molecule has 0 unspecified atom stereocenters. The number of carbonyl (C=O) groups is 1. The fraction of sp³-hybridized carbons (Fsp3) is 0.111. The first-order valence-corrected chi connectivity index (χ1v) is 7.06. The molecule has 0 spiro atoms. The Morgan fingerprint density at radius 2 is 1.91 bits per heavy atom. The van der Waals surface area contributed by atoms with Gasteiger partial charge in [0.15, 0.2) is 0 Å². The molecule has 0 radical (unpaired) electrons. The lowest BCUT2D eigenvalue weighted by atomic mass is 10.1. The molecule has 0 bridgehead atoms. The van der Waals surface area contributed by atoms with E-state index in [1.165, 1.54) is 10.6 Å². The molecule has 2 aromatic carbocycles. The van der Waals surface area contributed by atoms with Crippen molar-refractivity contribution >= 4 is 16.7 Å². The monoisotopic (exact) mass is 311 g/mol. The average Bonchev–Trinajstić information content (AvgIpc) is 2.57. The SMILES string of the molecule is Cn1ccc2cc(C(=O)OCc3ccccc3)c(F)cc2c1=O. The van der Waals surface area contributed by atoms with Crippen LogP contribution in [0.3, 0.4) is 0 Å². The molecule has 0 atom stereocenters. The zero-order chi connectivity index (χ0) is 16.4. The van der Waals surface area contributed by atoms with Crippen molar-refractivity contribution in [3.8, 4) is 0 Å². The number of halogens is 1. The Labute approximate surface area is 131 Å². The lowest BCUT2D eigenvalue weighted by Gasteiger charge is -2.08. The average molecular weight is 311 g/mol. The van der Waals surface area contributed by atoms with E-state index in [-0.39, 0.29) is 23.1 Å². The van der Waals surface area contributed by atoms with E-state index < -0.39 is 11.8 Å². The van der Waals surface area contributed by atoms with Crippen molar-refractivity contribution < 1.29 is 13.9 Å². The first-order valence-electron chi connectivity index (χ1n) is 7.06. The molecule has 0 aliphatic heterocycles. The number of rotatable bonds is 3. The Hall–Kier alpha value is -2.95. The molecule has 0 saturated carbocycles. The summed E-state index contributed by atoms with van der Waals surface area (Å²) in [5.41, 5.74) is 0.322. The molecule has 1 heterocycles. The van der Waals surface area contributed by atoms with Crippen LogP contribution in [0.25, 0.3) is 10.8 Å². The van der Waals surface area contributed by atoms with Crippen LogP contribution in [0.4, 0.5) is 4.39 Å². The van der Waals surface area contributed by atoms with Crippen LogP contribution in [0, 0.1) is 5.82 Å². The van der Waals surface area contributed by atoms with Crippen LogP contribution in [0.1, 0.15) is 15.9 Å². The van der Waals surface area contributed by atoms with E-state index in [2.05, 4.69) is 0 Å². The van der Waals surface area contributed by atoms with E-state index in [1.807, 2.05) is 30.3 Å². The lowest BCUT2D eigenvalue weighted by molar-refractivity contribution is 0.0467. The molecule has 0 amide bonds. The molecule has 0 aliphatic carbocycles. The predicted molar refractivity (Wildman–Crippen MR) is 84.7 cm³/mol. The number of fused-ring (bicyclic) bond motifs is 1. The summed E-state index contributed by atoms with van der Waals surface area (Å²) in [7, 11) is 1.59. The summed E-state index contributed by atoms with van der Waals surface area (Å²) in [6, 6.07) is 13.2. The number of carbonyl (C=O) groups excluding carboxylic acids is 1. The number of aromatic nitrogens is 1. The minimum atomic E-state index is -0.765. The Bertz CT molecular complexity index is 932. The molecule has 4 nitrogen and oxygen atoms in total. The minimum Gasteiger partial charge on any atom is -0.457 e. The Morgan fingerprint density at radius 3 is 2.65 bits per heavy atom. The Balaban J connectivity index is 1.90. The number of aryl methyl sites for hydroxylation is 1. The fourth-order valence-corrected chi connectivity index (χ4v) is 2.32. The van der Waals surface area contributed by atoms with E-state index in [4.69, 9.17) is 4.74 Å². The maximum absolute atomic E-state index is 14.2. The molecule has 0 saturated heterocycles. The van der Waals surface area contributed by atoms with Gasteiger partial charge < -0.3 is 9.30 Å². The van der Waals surface area contributed by atoms with Crippen molar-refractivity contribution in [2.75, 3.05) is 0 Å². The summed E-state index contributed by atoms with van der Waals surface area (Å²) in [5.74, 6) is -1.52. The first kappa shape index (κ1) is 15.0. The summed E-state index contributed by atoms with van der Waals surface area (Å²) < 4.78 is 20.7. The second kappa shape index (κ2) is 6.04. The Morgan fingerprint density at radius 1 is 1.17 bits per heavy atom. The van der Waals surface area contributed by atoms with Gasteiger partial charge in [0.05, 0.1) is 10.9 Å². The highest BCUT2D eigenvalue weighted by molar-refractivity contribution is 5.95. The van der Waals surface area contributed by atoms with Gasteiger partial charge in [-0.3, -0.25) is 4.79 Å². The van der Waals surface area contributed by atoms with Gasteiger partial charge in [-0.25, -0.2) is 9.18 Å². The van der Waals surface area contributed by atoms with Gasteiger partial charge in [-0.05, 0) is 29.1 Å². The molecular formula is C18H14FNO3. The van der Waals surface area contributed by atoms with E-state index in [9.17, 15) is 14.0 Å². The van der Waals surface area contributed by atoms with Gasteiger partial charge in [0, 0.05) is 13.2 Å². The quantitative estimate of drug-likeness (QED) is 0.699. The van der Waals surface area contributed by atoms with Crippen molar-refractivity contribution in [3.63, 3.8) is 0 Å². The zero-order valence-corrected chi connectivity index (χ0v) is 12.5. The summed E-state index contributed by atoms with van der Waals surface area (Å²) in [5, 5.41) is 0.730. The highest BCUT2D eigenvalue weighted by Crippen LogP contribution is 2.18. The smallest absolute Gasteiger partial charge is 0.341 e. The van der Waals surface area contributed by atoms with Crippen LogP contribution < -0.4 is 5.56 Å². The molecule has 0 N–H and O–H groups in total. The first-order chi connectivity index (χ1) is 11.1. The van der Waals surface area contributed by atoms with E-state index >= 15 is 0 Å². The molecule has 0 aliphatic rings. The second-order valence-electron chi connectivity index (χ2n) is 5.21. The van der Waals surface area contributed by atoms with Crippen LogP contribution in [0.2, 0.25) is 0 Å². The van der Waals surface area contributed by atoms with Crippen LogP contribution >= 0.6 is 0 Å². The summed E-state index contributed by atoms with van der Waals surface area (Å²) in [6.07, 6.45) is 1.57. The summed E-state index contributed by atoms with van der Waals surface area (Å²) in [6.45, 7) is 0.0632. The summed E-state index contributed by atoms with van der Waals surface area (Å²) in [4.78, 5) is 24.0. The summed E-state index contributed by atoms with van der Waals surface area (Å²) >= 11 is 0. The van der Waals surface area contributed by atoms with Gasteiger partial charge in [-0.15, -0.1) is 0 Å². The third-order valence-corrected chi connectivity index (χ3v) is 3.60. The molecular weight excluding hydrogens is 297 g/mol. The number of hydrogen-bond donors (Lipinski definition) is 0. The molecule has 116 valence electrons. The molecule has 0 fully saturated rings. The normalized spacial score (nSPS) is 10.7. The van der Waals surface area contributed by atoms with Crippen LogP contribution in [-0.4, -0.2) is 10.5 Å². The van der Waals surface area contributed by atoms with Gasteiger partial charge in [-0.2, -0.15) is 0 Å². The van der Waals surface area contributed by atoms with Gasteiger partial charge in [0.1, 0.15) is 12.4 Å². The number of esters is 1. The topological polar surface area (TPSA) is 48.3 Å². The number of benzene rings is 2. The van der Waals surface area contributed by atoms with Crippen LogP contribution in [0.15, 0.2) is 59.5 Å². The van der Waals surface area contributed by atoms with Gasteiger partial charge in [0.2, 0.25) is 0 Å². The largest absolute Gasteiger partial charge is 0.457 e. The number of nitrogens with zero attached hydrogens (tertiary/aromatic N) is 1. The standard InChI is InChI=1S/C18H14FNO3/c1-20-8-7-13-9-15(16(19)10-14(13)17(20)21)18(22)23-11-12-5-3-2-4-6-12/h2-10H,11H2,1H3. The molecule has 1 aromatic heterocycles. The van der Waals surface area contributed by atoms with Crippen LogP contribution in [-0.2, 0) is 18.4 Å². The van der Waals surface area contributed by atoms with Crippen LogP contribution in [0.5, 0.6) is 0 Å². The lowest BCUT2D eigenvalue weighted by Crippen LogP contribution is -2.16. The third kappa shape index (κ3) is 2.99. The van der Waals surface area contributed by atoms with Gasteiger partial charge >= 0.3 is 5.97 Å². The van der Waals surface area contributed by atoms with Gasteiger partial charge in [-0.1, -0.05) is 30.3 Å². The second-order valence-corrected chi connectivity index (χ2v) is 5.21. The maximum Gasteiger partial charge on any atom is 0.341 e. The molecule has 5 heteroatoms. The van der Waals surface area contributed by atoms with E-state index in [0.29, 0.717) is 5.39 Å². The molecule has 3 rings (SSSR count). The van der Waals surface area contributed by atoms with Crippen molar-refractivity contribution in [3.05, 3.63) is 82.0 Å². The van der Waals surface area contributed by atoms with E-state index in [1.54, 1.807) is 19.3 Å². The third-order valence-electron chi connectivity index (χ3n) is 3.60. The van der Waals surface area contributed by atoms with Gasteiger partial charge in [0.25, 0.3) is 5.56 Å². The fourth-order valence-electron chi connectivity index (χ4n) is 2.32. The minimum absolute atomic E-state index is 0.0632. The number of ether oxygens (including phenoxy) is 1. The number of hydrogen-bond acceptors (Lipinski definition) is 3. The van der Waals surface area contributed by atoms with Crippen molar-refractivity contribution in [1.82, 2.24) is 4.57 Å². The Kier molecular flexibility index (Phi) is 3.93. The van der Waals surface area contributed by atoms with E-state index in [0.717, 1.165) is 11.6 Å². The zero-order valence-electron chi connectivity index (χ0n) is 12.5. The number of pyridine rings is 1. The molecule has 23 heavy (non-hydrogen) atoms. The van der Waals surface area contributed by atoms with Crippen molar-refractivity contribution in [1.29, 1.82) is 0 Å². The van der Waals surface area contributed by atoms with Crippen molar-refractivity contribution in [2.45, 2.75) is 6.61 Å². The van der Waals surface area contributed by atoms with Crippen molar-refractivity contribution in [2.24, 2.45) is 7.05 Å². The highest BCUT2D eigenvalue weighted by Gasteiger charge is 2.16. The predicted octanol–water partition coefficient (Wildman–Crippen LogP) is 3.03.